The quantitative estimate of drug-likeness (QED) is 0.481. The Balaban J connectivity index is 1.34. The van der Waals surface area contributed by atoms with Crippen molar-refractivity contribution in [2.24, 2.45) is 5.92 Å². The number of hydrogen-bond donors (Lipinski definition) is 1. The smallest absolute Gasteiger partial charge is 0.410 e. The Bertz CT molecular complexity index is 1440. The minimum Gasteiger partial charge on any atom is -0.492 e. The van der Waals surface area contributed by atoms with Gasteiger partial charge in [0.2, 0.25) is 0 Å². The van der Waals surface area contributed by atoms with E-state index in [-0.39, 0.29) is 46.9 Å². The lowest BCUT2D eigenvalue weighted by molar-refractivity contribution is 0.0181. The molecule has 5 rings (SSSR count). The molecular formula is C28H33FN2O8S. The second-order valence-electron chi connectivity index (χ2n) is 11.3. The number of esters is 1. The fourth-order valence-corrected chi connectivity index (χ4v) is 6.41. The minimum absolute atomic E-state index is 0.00188. The van der Waals surface area contributed by atoms with E-state index in [9.17, 15) is 22.4 Å². The summed E-state index contributed by atoms with van der Waals surface area (Å²) in [6.45, 7) is 6.27. The molecule has 0 spiro atoms. The third kappa shape index (κ3) is 5.87. The van der Waals surface area contributed by atoms with Crippen molar-refractivity contribution < 1.29 is 41.3 Å². The molecule has 10 nitrogen and oxygen atoms in total. The Morgan fingerprint density at radius 1 is 1.20 bits per heavy atom. The molecule has 12 heteroatoms. The second-order valence-corrected chi connectivity index (χ2v) is 13.0. The summed E-state index contributed by atoms with van der Waals surface area (Å²) >= 11 is 0. The third-order valence-corrected chi connectivity index (χ3v) is 8.64. The Hall–Kier alpha value is -3.38. The molecule has 1 aliphatic carbocycles. The third-order valence-electron chi connectivity index (χ3n) is 7.17. The first kappa shape index (κ1) is 28.2. The molecule has 3 atom stereocenters. The van der Waals surface area contributed by atoms with Crippen molar-refractivity contribution in [3.8, 4) is 5.75 Å². The molecule has 1 saturated heterocycles. The van der Waals surface area contributed by atoms with Gasteiger partial charge in [0.05, 0.1) is 43.6 Å². The monoisotopic (exact) mass is 576 g/mol. The van der Waals surface area contributed by atoms with E-state index in [2.05, 4.69) is 4.72 Å². The van der Waals surface area contributed by atoms with Crippen molar-refractivity contribution >= 4 is 27.8 Å². The molecule has 0 bridgehead atoms. The highest BCUT2D eigenvalue weighted by Crippen LogP contribution is 2.55. The van der Waals surface area contributed by atoms with Crippen LogP contribution in [0.5, 0.6) is 5.75 Å². The van der Waals surface area contributed by atoms with E-state index in [1.54, 1.807) is 26.8 Å². The van der Waals surface area contributed by atoms with Gasteiger partial charge in [0, 0.05) is 18.0 Å². The first-order chi connectivity index (χ1) is 18.9. The standard InChI is InChI=1S/C28H33FN2O8S/c1-28(2,3)39-27(33)31-10-9-19(13-31)37-15-17-11-18(29)5-8-23(17)40(34,35)30-22-7-6-20-21-12-16(21)14-38-25(20)24(22)26(32)36-4/h5-8,11,16,19,21,30H,9-10,12-15H2,1-4H3/t16-,19?,21-/m0/s1. The molecule has 2 aliphatic heterocycles. The van der Waals surface area contributed by atoms with Crippen LogP contribution in [0.25, 0.3) is 0 Å². The van der Waals surface area contributed by atoms with Gasteiger partial charge >= 0.3 is 12.1 Å². The van der Waals surface area contributed by atoms with Gasteiger partial charge in [0.1, 0.15) is 22.7 Å². The Labute approximate surface area is 232 Å². The number of nitrogens with zero attached hydrogens (tertiary/aromatic N) is 1. The average Bonchev–Trinajstić information content (AvgIpc) is 3.53. The van der Waals surface area contributed by atoms with Gasteiger partial charge in [-0.1, -0.05) is 6.07 Å². The molecule has 1 saturated carbocycles. The Morgan fingerprint density at radius 2 is 1.98 bits per heavy atom. The fourth-order valence-electron chi connectivity index (χ4n) is 5.13. The zero-order valence-electron chi connectivity index (χ0n) is 22.9. The summed E-state index contributed by atoms with van der Waals surface area (Å²) in [6, 6.07) is 6.58. The SMILES string of the molecule is COC(=O)c1c(NS(=O)(=O)c2ccc(F)cc2COC2CCN(C(=O)OC(C)(C)C)C2)ccc2c1OC[C@@H]1C[C@H]21. The van der Waals surface area contributed by atoms with Gasteiger partial charge in [-0.05, 0) is 69.4 Å². The van der Waals surface area contributed by atoms with Crippen LogP contribution in [0.2, 0.25) is 0 Å². The molecule has 2 aromatic rings. The molecule has 1 unspecified atom stereocenters. The van der Waals surface area contributed by atoms with Crippen molar-refractivity contribution in [1.82, 2.24) is 4.90 Å². The highest BCUT2D eigenvalue weighted by Gasteiger charge is 2.45. The number of hydrogen-bond acceptors (Lipinski definition) is 8. The first-order valence-corrected chi connectivity index (χ1v) is 14.6. The number of nitrogens with one attached hydrogen (secondary N) is 1. The maximum Gasteiger partial charge on any atom is 0.410 e. The molecule has 1 amide bonds. The number of sulfonamides is 1. The maximum absolute atomic E-state index is 14.2. The van der Waals surface area contributed by atoms with Crippen LogP contribution in [0.15, 0.2) is 35.2 Å². The fraction of sp³-hybridized carbons (Fsp3) is 0.500. The molecule has 0 radical (unpaired) electrons. The number of amides is 1. The largest absolute Gasteiger partial charge is 0.492 e. The summed E-state index contributed by atoms with van der Waals surface area (Å²) in [4.78, 5) is 26.4. The lowest BCUT2D eigenvalue weighted by Crippen LogP contribution is -2.36. The summed E-state index contributed by atoms with van der Waals surface area (Å²) in [7, 11) is -3.08. The second kappa shape index (κ2) is 10.5. The van der Waals surface area contributed by atoms with Crippen LogP contribution in [-0.4, -0.2) is 63.9 Å². The molecule has 1 N–H and O–H groups in total. The highest BCUT2D eigenvalue weighted by molar-refractivity contribution is 7.92. The molecule has 40 heavy (non-hydrogen) atoms. The predicted molar refractivity (Wildman–Crippen MR) is 142 cm³/mol. The van der Waals surface area contributed by atoms with Gasteiger partial charge in [-0.15, -0.1) is 0 Å². The van der Waals surface area contributed by atoms with Crippen molar-refractivity contribution in [2.45, 2.75) is 62.7 Å². The number of likely N-dealkylation sites (tertiary alicyclic amines) is 1. The number of carbonyl (C=O) groups excluding carboxylic acids is 2. The van der Waals surface area contributed by atoms with Gasteiger partial charge in [-0.3, -0.25) is 4.72 Å². The summed E-state index contributed by atoms with van der Waals surface area (Å²) in [5.41, 5.74) is 0.323. The van der Waals surface area contributed by atoms with Gasteiger partial charge in [-0.2, -0.15) is 0 Å². The average molecular weight is 577 g/mol. The van der Waals surface area contributed by atoms with Gasteiger partial charge in [0.25, 0.3) is 10.0 Å². The molecule has 2 fully saturated rings. The van der Waals surface area contributed by atoms with Gasteiger partial charge in [0.15, 0.2) is 0 Å². The van der Waals surface area contributed by atoms with E-state index in [1.807, 2.05) is 0 Å². The highest BCUT2D eigenvalue weighted by atomic mass is 32.2. The number of anilines is 1. The maximum atomic E-state index is 14.2. The minimum atomic E-state index is -4.29. The number of halogens is 1. The van der Waals surface area contributed by atoms with Crippen molar-refractivity contribution in [3.05, 3.63) is 52.8 Å². The number of methoxy groups -OCH3 is 1. The van der Waals surface area contributed by atoms with E-state index in [0.717, 1.165) is 30.2 Å². The molecule has 216 valence electrons. The predicted octanol–water partition coefficient (Wildman–Crippen LogP) is 4.44. The summed E-state index contributed by atoms with van der Waals surface area (Å²) in [5, 5.41) is 0. The molecule has 2 aromatic carbocycles. The van der Waals surface area contributed by atoms with E-state index < -0.39 is 33.5 Å². The van der Waals surface area contributed by atoms with E-state index in [0.29, 0.717) is 31.2 Å². The Kier molecular flexibility index (Phi) is 7.43. The van der Waals surface area contributed by atoms with Crippen molar-refractivity contribution in [2.75, 3.05) is 31.5 Å². The Morgan fingerprint density at radius 3 is 2.70 bits per heavy atom. The number of benzene rings is 2. The zero-order valence-corrected chi connectivity index (χ0v) is 23.7. The molecule has 3 aliphatic rings. The van der Waals surface area contributed by atoms with Crippen LogP contribution in [-0.2, 0) is 30.8 Å². The van der Waals surface area contributed by atoms with Gasteiger partial charge < -0.3 is 23.8 Å². The van der Waals surface area contributed by atoms with Crippen LogP contribution in [0, 0.1) is 11.7 Å². The van der Waals surface area contributed by atoms with E-state index in [4.69, 9.17) is 18.9 Å². The molecular weight excluding hydrogens is 543 g/mol. The van der Waals surface area contributed by atoms with Crippen molar-refractivity contribution in [1.29, 1.82) is 0 Å². The van der Waals surface area contributed by atoms with Gasteiger partial charge in [-0.25, -0.2) is 22.4 Å². The van der Waals surface area contributed by atoms with Crippen molar-refractivity contribution in [3.63, 3.8) is 0 Å². The van der Waals surface area contributed by atoms with Crippen LogP contribution >= 0.6 is 0 Å². The van der Waals surface area contributed by atoms with E-state index in [1.165, 1.54) is 18.1 Å². The first-order valence-electron chi connectivity index (χ1n) is 13.1. The number of ether oxygens (including phenoxy) is 4. The lowest BCUT2D eigenvalue weighted by atomic mass is 10.0. The zero-order chi connectivity index (χ0) is 28.8. The number of carbonyl (C=O) groups is 2. The number of rotatable bonds is 7. The normalized spacial score (nSPS) is 21.6. The topological polar surface area (TPSA) is 120 Å². The van der Waals surface area contributed by atoms with Crippen LogP contribution in [0.3, 0.4) is 0 Å². The number of fused-ring (bicyclic) bond motifs is 3. The summed E-state index contributed by atoms with van der Waals surface area (Å²) in [5.74, 6) is -0.356. The lowest BCUT2D eigenvalue weighted by Gasteiger charge is -2.24. The molecule has 2 heterocycles. The molecule has 0 aromatic heterocycles. The van der Waals surface area contributed by atoms with Crippen LogP contribution in [0.1, 0.15) is 61.0 Å². The van der Waals surface area contributed by atoms with Crippen LogP contribution < -0.4 is 9.46 Å². The summed E-state index contributed by atoms with van der Waals surface area (Å²) in [6.07, 6.45) is 0.640. The summed E-state index contributed by atoms with van der Waals surface area (Å²) < 4.78 is 65.9. The van der Waals surface area contributed by atoms with Crippen LogP contribution in [0.4, 0.5) is 14.9 Å². The van der Waals surface area contributed by atoms with E-state index >= 15 is 0 Å².